The number of amides is 1. The second-order valence-electron chi connectivity index (χ2n) is 4.05. The fraction of sp³-hybridized carbons (Fsp3) is 0.667. The van der Waals surface area contributed by atoms with Crippen molar-refractivity contribution in [3.8, 4) is 0 Å². The van der Waals surface area contributed by atoms with Gasteiger partial charge in [0.25, 0.3) is 20.2 Å². The Morgan fingerprint density at radius 1 is 1.32 bits per heavy atom. The molecule has 0 fully saturated rings. The molecule has 19 heavy (non-hydrogen) atoms. The molecule has 0 aliphatic heterocycles. The van der Waals surface area contributed by atoms with E-state index < -0.39 is 43.1 Å². The lowest BCUT2D eigenvalue weighted by Gasteiger charge is -2.20. The van der Waals surface area contributed by atoms with Crippen LogP contribution in [0, 0.1) is 5.92 Å². The van der Waals surface area contributed by atoms with E-state index in [9.17, 15) is 21.6 Å². The van der Waals surface area contributed by atoms with E-state index in [2.05, 4.69) is 11.9 Å². The summed E-state index contributed by atoms with van der Waals surface area (Å²) in [4.78, 5) is 10.9. The van der Waals surface area contributed by atoms with Crippen molar-refractivity contribution in [1.82, 2.24) is 5.32 Å². The van der Waals surface area contributed by atoms with Crippen LogP contribution in [0.2, 0.25) is 0 Å². The monoisotopic (exact) mass is 315 g/mol. The zero-order valence-electron chi connectivity index (χ0n) is 10.3. The predicted molar refractivity (Wildman–Crippen MR) is 68.7 cm³/mol. The van der Waals surface area contributed by atoms with Gasteiger partial charge in [-0.3, -0.25) is 13.9 Å². The lowest BCUT2D eigenvalue weighted by atomic mass is 10.0. The van der Waals surface area contributed by atoms with Crippen LogP contribution < -0.4 is 5.32 Å². The number of rotatable bonds is 8. The maximum atomic E-state index is 11.2. The summed E-state index contributed by atoms with van der Waals surface area (Å²) < 4.78 is 61.1. The second kappa shape index (κ2) is 6.98. The summed E-state index contributed by atoms with van der Waals surface area (Å²) in [5.41, 5.74) is 0. The number of nitrogens with one attached hydrogen (secondary N) is 1. The molecule has 0 spiro atoms. The van der Waals surface area contributed by atoms with Gasteiger partial charge in [-0.15, -0.1) is 0 Å². The molecule has 1 amide bonds. The molecule has 0 aromatic heterocycles. The molecule has 0 aromatic rings. The fourth-order valence-electron chi connectivity index (χ4n) is 1.39. The smallest absolute Gasteiger partial charge is 0.269 e. The average molecular weight is 315 g/mol. The Bertz CT molecular complexity index is 523. The van der Waals surface area contributed by atoms with Crippen LogP contribution in [0.25, 0.3) is 0 Å². The Hall–Kier alpha value is -0.970. The Morgan fingerprint density at radius 2 is 1.84 bits per heavy atom. The van der Waals surface area contributed by atoms with Crippen molar-refractivity contribution in [3.05, 3.63) is 12.7 Å². The predicted octanol–water partition coefficient (Wildman–Crippen LogP) is -0.541. The van der Waals surface area contributed by atoms with E-state index >= 15 is 0 Å². The topological polar surface area (TPSA) is 138 Å². The van der Waals surface area contributed by atoms with Crippen molar-refractivity contribution in [2.45, 2.75) is 18.6 Å². The Morgan fingerprint density at radius 3 is 2.21 bits per heavy atom. The molecule has 0 rings (SSSR count). The molecule has 112 valence electrons. The SMILES string of the molecule is C=CC(=O)NCC(C(C)CCS(=O)(=O)O)S(=O)(=O)O. The molecule has 0 aromatic carbocycles. The van der Waals surface area contributed by atoms with Gasteiger partial charge in [-0.05, 0) is 18.4 Å². The third kappa shape index (κ3) is 7.93. The molecule has 8 nitrogen and oxygen atoms in total. The first-order valence-electron chi connectivity index (χ1n) is 5.29. The van der Waals surface area contributed by atoms with E-state index in [-0.39, 0.29) is 13.0 Å². The van der Waals surface area contributed by atoms with E-state index in [4.69, 9.17) is 9.11 Å². The standard InChI is InChI=1S/C9H17NO7S2/c1-3-9(11)10-6-8(19(15,16)17)7(2)4-5-18(12,13)14/h3,7-8H,1,4-6H2,2H3,(H,10,11)(H,12,13,14)(H,15,16,17). The molecule has 0 radical (unpaired) electrons. The summed E-state index contributed by atoms with van der Waals surface area (Å²) in [6.07, 6.45) is 0.761. The highest BCUT2D eigenvalue weighted by Gasteiger charge is 2.30. The van der Waals surface area contributed by atoms with Crippen LogP contribution >= 0.6 is 0 Å². The van der Waals surface area contributed by atoms with Crippen LogP contribution in [-0.2, 0) is 25.0 Å². The maximum absolute atomic E-state index is 11.2. The zero-order valence-corrected chi connectivity index (χ0v) is 11.9. The van der Waals surface area contributed by atoms with Gasteiger partial charge in [-0.1, -0.05) is 13.5 Å². The van der Waals surface area contributed by atoms with E-state index in [0.717, 1.165) is 6.08 Å². The van der Waals surface area contributed by atoms with Gasteiger partial charge in [0.05, 0.1) is 5.75 Å². The van der Waals surface area contributed by atoms with Crippen molar-refractivity contribution in [3.63, 3.8) is 0 Å². The molecule has 0 heterocycles. The van der Waals surface area contributed by atoms with E-state index in [1.54, 1.807) is 0 Å². The summed E-state index contributed by atoms with van der Waals surface area (Å²) in [5, 5.41) is 0.846. The number of carbonyl (C=O) groups excluding carboxylic acids is 1. The number of carbonyl (C=O) groups is 1. The minimum Gasteiger partial charge on any atom is -0.351 e. The highest BCUT2D eigenvalue weighted by molar-refractivity contribution is 7.86. The third-order valence-corrected chi connectivity index (χ3v) is 4.66. The van der Waals surface area contributed by atoms with Crippen molar-refractivity contribution in [2.24, 2.45) is 5.92 Å². The summed E-state index contributed by atoms with van der Waals surface area (Å²) >= 11 is 0. The second-order valence-corrected chi connectivity index (χ2v) is 7.26. The van der Waals surface area contributed by atoms with Crippen LogP contribution in [0.15, 0.2) is 12.7 Å². The molecule has 0 aliphatic rings. The van der Waals surface area contributed by atoms with Crippen molar-refractivity contribution < 1.29 is 30.7 Å². The highest BCUT2D eigenvalue weighted by Crippen LogP contribution is 2.16. The molecule has 3 N–H and O–H groups in total. The lowest BCUT2D eigenvalue weighted by molar-refractivity contribution is -0.116. The van der Waals surface area contributed by atoms with Gasteiger partial charge in [0.2, 0.25) is 5.91 Å². The van der Waals surface area contributed by atoms with Gasteiger partial charge < -0.3 is 5.32 Å². The molecule has 0 saturated carbocycles. The van der Waals surface area contributed by atoms with Crippen LogP contribution in [0.4, 0.5) is 0 Å². The van der Waals surface area contributed by atoms with Gasteiger partial charge in [0.1, 0.15) is 5.25 Å². The first kappa shape index (κ1) is 18.0. The number of hydrogen-bond donors (Lipinski definition) is 3. The van der Waals surface area contributed by atoms with Crippen molar-refractivity contribution in [2.75, 3.05) is 12.3 Å². The Labute approximate surface area is 112 Å². The van der Waals surface area contributed by atoms with Crippen LogP contribution in [0.5, 0.6) is 0 Å². The maximum Gasteiger partial charge on any atom is 0.269 e. The highest BCUT2D eigenvalue weighted by atomic mass is 32.2. The molecule has 0 aliphatic carbocycles. The average Bonchev–Trinajstić information content (AvgIpc) is 2.23. The molecule has 10 heteroatoms. The largest absolute Gasteiger partial charge is 0.351 e. The fourth-order valence-corrected chi connectivity index (χ4v) is 3.08. The van der Waals surface area contributed by atoms with Gasteiger partial charge in [0.15, 0.2) is 0 Å². The summed E-state index contributed by atoms with van der Waals surface area (Å²) in [7, 11) is -8.68. The van der Waals surface area contributed by atoms with Gasteiger partial charge in [-0.2, -0.15) is 16.8 Å². The summed E-state index contributed by atoms with van der Waals surface area (Å²) in [6, 6.07) is 0. The van der Waals surface area contributed by atoms with Crippen molar-refractivity contribution >= 4 is 26.1 Å². The quantitative estimate of drug-likeness (QED) is 0.404. The van der Waals surface area contributed by atoms with Crippen LogP contribution in [-0.4, -0.2) is 49.4 Å². The normalized spacial score (nSPS) is 15.5. The molecule has 2 unspecified atom stereocenters. The van der Waals surface area contributed by atoms with Gasteiger partial charge in [0, 0.05) is 6.54 Å². The first-order valence-corrected chi connectivity index (χ1v) is 8.40. The molecule has 0 saturated heterocycles. The third-order valence-electron chi connectivity index (χ3n) is 2.51. The lowest BCUT2D eigenvalue weighted by Crippen LogP contribution is -2.40. The molecular weight excluding hydrogens is 298 g/mol. The first-order chi connectivity index (χ1) is 8.47. The number of hydrogen-bond acceptors (Lipinski definition) is 5. The van der Waals surface area contributed by atoms with Crippen molar-refractivity contribution in [1.29, 1.82) is 0 Å². The Balaban J connectivity index is 4.76. The van der Waals surface area contributed by atoms with Gasteiger partial charge >= 0.3 is 0 Å². The minimum atomic E-state index is -4.46. The minimum absolute atomic E-state index is 0.173. The molecule has 0 bridgehead atoms. The summed E-state index contributed by atoms with van der Waals surface area (Å²) in [5.74, 6) is -2.02. The zero-order chi connectivity index (χ0) is 15.3. The van der Waals surface area contributed by atoms with E-state index in [0.29, 0.717) is 0 Å². The Kier molecular flexibility index (Phi) is 6.63. The van der Waals surface area contributed by atoms with Gasteiger partial charge in [-0.25, -0.2) is 0 Å². The van der Waals surface area contributed by atoms with Crippen LogP contribution in [0.3, 0.4) is 0 Å². The van der Waals surface area contributed by atoms with E-state index in [1.165, 1.54) is 6.92 Å². The van der Waals surface area contributed by atoms with Crippen LogP contribution in [0.1, 0.15) is 13.3 Å². The summed E-state index contributed by atoms with van der Waals surface area (Å²) in [6.45, 7) is 4.19. The molecule has 2 atom stereocenters. The van der Waals surface area contributed by atoms with E-state index in [1.807, 2.05) is 0 Å². The molecular formula is C9H17NO7S2.